The summed E-state index contributed by atoms with van der Waals surface area (Å²) in [5.74, 6) is -0.402. The molecule has 0 aliphatic heterocycles. The van der Waals surface area contributed by atoms with Gasteiger partial charge >= 0.3 is 5.97 Å². The molecule has 0 heterocycles. The number of amides is 1. The Balaban J connectivity index is 1.50. The van der Waals surface area contributed by atoms with Crippen LogP contribution in [-0.4, -0.2) is 55.7 Å². The molecule has 2 unspecified atom stereocenters. The number of carboxylic acids is 1. The van der Waals surface area contributed by atoms with Gasteiger partial charge in [-0.15, -0.1) is 0 Å². The van der Waals surface area contributed by atoms with Crippen molar-refractivity contribution < 1.29 is 19.4 Å². The summed E-state index contributed by atoms with van der Waals surface area (Å²) in [5.41, 5.74) is 2.65. The fourth-order valence-electron chi connectivity index (χ4n) is 4.72. The first kappa shape index (κ1) is 28.2. The highest BCUT2D eigenvalue weighted by Crippen LogP contribution is 2.34. The fraction of sp³-hybridized carbons (Fsp3) is 0.419. The molecule has 1 amide bonds. The molecule has 0 saturated heterocycles. The van der Waals surface area contributed by atoms with Gasteiger partial charge in [0.25, 0.3) is 0 Å². The second-order valence-corrected chi connectivity index (χ2v) is 10.1. The van der Waals surface area contributed by atoms with E-state index in [1.807, 2.05) is 67.5 Å². The minimum absolute atomic E-state index is 0.00782. The van der Waals surface area contributed by atoms with Gasteiger partial charge in [0.2, 0.25) is 5.91 Å². The van der Waals surface area contributed by atoms with Crippen molar-refractivity contribution in [3.8, 4) is 5.75 Å². The zero-order valence-electron chi connectivity index (χ0n) is 22.3. The molecule has 2 aromatic carbocycles. The zero-order chi connectivity index (χ0) is 26.7. The van der Waals surface area contributed by atoms with E-state index in [4.69, 9.17) is 4.74 Å². The van der Waals surface area contributed by atoms with Crippen molar-refractivity contribution in [2.75, 3.05) is 33.8 Å². The molecular formula is C31H40N2O4. The maximum Gasteiger partial charge on any atom is 0.306 e. The van der Waals surface area contributed by atoms with Crippen molar-refractivity contribution in [3.63, 3.8) is 0 Å². The smallest absolute Gasteiger partial charge is 0.306 e. The standard InChI is InChI=1S/C31H40N2O4/c1-4-5-9-27(29(34)35)22-24-12-14-28(15-13-24)37-21-20-32-30(36)31(23-33(2)3)18-16-26(17-19-31)25-10-7-6-8-11-25/h6-8,10-18,27H,4-5,9,19-23H2,1-3H3,(H,32,36)(H,34,35). The molecule has 0 bridgehead atoms. The Labute approximate surface area is 221 Å². The molecule has 0 aromatic heterocycles. The van der Waals surface area contributed by atoms with Crippen LogP contribution in [0.15, 0.2) is 72.8 Å². The molecule has 6 nitrogen and oxygen atoms in total. The predicted octanol–water partition coefficient (Wildman–Crippen LogP) is 5.21. The highest BCUT2D eigenvalue weighted by Gasteiger charge is 2.37. The van der Waals surface area contributed by atoms with Gasteiger partial charge in [-0.05, 0) is 62.2 Å². The molecule has 6 heteroatoms. The van der Waals surface area contributed by atoms with Gasteiger partial charge in [-0.3, -0.25) is 9.59 Å². The predicted molar refractivity (Wildman–Crippen MR) is 148 cm³/mol. The molecular weight excluding hydrogens is 464 g/mol. The minimum Gasteiger partial charge on any atom is -0.492 e. The number of allylic oxidation sites excluding steroid dienone is 3. The third-order valence-corrected chi connectivity index (χ3v) is 6.74. The van der Waals surface area contributed by atoms with Crippen LogP contribution in [0.3, 0.4) is 0 Å². The van der Waals surface area contributed by atoms with Crippen LogP contribution in [0.2, 0.25) is 0 Å². The van der Waals surface area contributed by atoms with E-state index in [1.54, 1.807) is 0 Å². The van der Waals surface area contributed by atoms with Crippen LogP contribution >= 0.6 is 0 Å². The van der Waals surface area contributed by atoms with Gasteiger partial charge in [-0.1, -0.05) is 80.5 Å². The number of ether oxygens (including phenoxy) is 1. The van der Waals surface area contributed by atoms with Crippen LogP contribution in [0.1, 0.15) is 43.7 Å². The largest absolute Gasteiger partial charge is 0.492 e. The average molecular weight is 505 g/mol. The topological polar surface area (TPSA) is 78.9 Å². The number of nitrogens with one attached hydrogen (secondary N) is 1. The number of carbonyl (C=O) groups excluding carboxylic acids is 1. The van der Waals surface area contributed by atoms with Crippen LogP contribution in [0, 0.1) is 11.3 Å². The van der Waals surface area contributed by atoms with Crippen molar-refractivity contribution in [3.05, 3.63) is 84.0 Å². The summed E-state index contributed by atoms with van der Waals surface area (Å²) in [6.45, 7) is 3.44. The molecule has 0 spiro atoms. The Morgan fingerprint density at radius 2 is 1.84 bits per heavy atom. The molecule has 0 fully saturated rings. The first-order valence-corrected chi connectivity index (χ1v) is 13.2. The van der Waals surface area contributed by atoms with Crippen molar-refractivity contribution in [1.29, 1.82) is 0 Å². The third-order valence-electron chi connectivity index (χ3n) is 6.74. The SMILES string of the molecule is CCCCC(Cc1ccc(OCCNC(=O)C2(CN(C)C)C=CC(c3ccccc3)=CC2)cc1)C(=O)O. The van der Waals surface area contributed by atoms with Gasteiger partial charge in [-0.25, -0.2) is 0 Å². The van der Waals surface area contributed by atoms with Gasteiger partial charge in [0.15, 0.2) is 0 Å². The molecule has 198 valence electrons. The Bertz CT molecular complexity index is 1080. The van der Waals surface area contributed by atoms with E-state index in [9.17, 15) is 14.7 Å². The number of unbranched alkanes of at least 4 members (excludes halogenated alkanes) is 1. The zero-order valence-corrected chi connectivity index (χ0v) is 22.3. The van der Waals surface area contributed by atoms with Crippen molar-refractivity contribution in [1.82, 2.24) is 10.2 Å². The van der Waals surface area contributed by atoms with E-state index in [1.165, 1.54) is 0 Å². The summed E-state index contributed by atoms with van der Waals surface area (Å²) in [6, 6.07) is 17.8. The second-order valence-electron chi connectivity index (χ2n) is 10.1. The number of nitrogens with zero attached hydrogens (tertiary/aromatic N) is 1. The summed E-state index contributed by atoms with van der Waals surface area (Å²) in [7, 11) is 3.96. The maximum atomic E-state index is 13.3. The lowest BCUT2D eigenvalue weighted by Crippen LogP contribution is -2.47. The molecule has 3 rings (SSSR count). The van der Waals surface area contributed by atoms with E-state index in [2.05, 4.69) is 36.5 Å². The molecule has 0 saturated carbocycles. The first-order chi connectivity index (χ1) is 17.8. The Hall–Kier alpha value is -3.38. The van der Waals surface area contributed by atoms with E-state index >= 15 is 0 Å². The molecule has 37 heavy (non-hydrogen) atoms. The quantitative estimate of drug-likeness (QED) is 0.346. The van der Waals surface area contributed by atoms with Gasteiger partial charge in [-0.2, -0.15) is 0 Å². The minimum atomic E-state index is -0.740. The summed E-state index contributed by atoms with van der Waals surface area (Å²) in [6.07, 6.45) is 9.99. The summed E-state index contributed by atoms with van der Waals surface area (Å²) >= 11 is 0. The monoisotopic (exact) mass is 504 g/mol. The van der Waals surface area contributed by atoms with Crippen LogP contribution in [-0.2, 0) is 16.0 Å². The Morgan fingerprint density at radius 1 is 1.11 bits per heavy atom. The molecule has 2 atom stereocenters. The third kappa shape index (κ3) is 8.32. The van der Waals surface area contributed by atoms with E-state index in [0.29, 0.717) is 44.7 Å². The average Bonchev–Trinajstić information content (AvgIpc) is 2.90. The Kier molecular flexibility index (Phi) is 10.5. The second kappa shape index (κ2) is 13.8. The molecule has 0 radical (unpaired) electrons. The van der Waals surface area contributed by atoms with Gasteiger partial charge in [0, 0.05) is 6.54 Å². The molecule has 1 aliphatic carbocycles. The van der Waals surface area contributed by atoms with Crippen LogP contribution in [0.5, 0.6) is 5.75 Å². The van der Waals surface area contributed by atoms with Crippen molar-refractivity contribution in [2.45, 2.75) is 39.0 Å². The van der Waals surface area contributed by atoms with E-state index < -0.39 is 11.4 Å². The van der Waals surface area contributed by atoms with Crippen LogP contribution in [0.4, 0.5) is 0 Å². The fourth-order valence-corrected chi connectivity index (χ4v) is 4.72. The van der Waals surface area contributed by atoms with Gasteiger partial charge in [0.1, 0.15) is 12.4 Å². The maximum absolute atomic E-state index is 13.3. The van der Waals surface area contributed by atoms with E-state index in [-0.39, 0.29) is 11.8 Å². The van der Waals surface area contributed by atoms with Gasteiger partial charge < -0.3 is 20.1 Å². The van der Waals surface area contributed by atoms with E-state index in [0.717, 1.165) is 29.5 Å². The molecule has 1 aliphatic rings. The number of rotatable bonds is 14. The van der Waals surface area contributed by atoms with Crippen LogP contribution in [0.25, 0.3) is 5.57 Å². The van der Waals surface area contributed by atoms with Gasteiger partial charge in [0.05, 0.1) is 17.9 Å². The molecule has 2 aromatic rings. The number of carbonyl (C=O) groups is 2. The number of benzene rings is 2. The van der Waals surface area contributed by atoms with Crippen molar-refractivity contribution in [2.24, 2.45) is 11.3 Å². The van der Waals surface area contributed by atoms with Crippen LogP contribution < -0.4 is 10.1 Å². The first-order valence-electron chi connectivity index (χ1n) is 13.2. The Morgan fingerprint density at radius 3 is 2.43 bits per heavy atom. The molecule has 2 N–H and O–H groups in total. The number of hydrogen-bond donors (Lipinski definition) is 2. The lowest BCUT2D eigenvalue weighted by atomic mass is 9.77. The number of aliphatic carboxylic acids is 1. The number of hydrogen-bond acceptors (Lipinski definition) is 4. The summed E-state index contributed by atoms with van der Waals surface area (Å²) < 4.78 is 5.83. The highest BCUT2D eigenvalue weighted by atomic mass is 16.5. The highest BCUT2D eigenvalue weighted by molar-refractivity contribution is 5.88. The summed E-state index contributed by atoms with van der Waals surface area (Å²) in [4.78, 5) is 26.8. The lowest BCUT2D eigenvalue weighted by molar-refractivity contribution is -0.142. The lowest BCUT2D eigenvalue weighted by Gasteiger charge is -2.33. The van der Waals surface area contributed by atoms with Crippen molar-refractivity contribution >= 4 is 17.4 Å². The summed E-state index contributed by atoms with van der Waals surface area (Å²) in [5, 5.41) is 12.5. The number of carboxylic acid groups (broad SMARTS) is 1. The normalized spacial score (nSPS) is 17.8.